The molecule has 3 heterocycles. The van der Waals surface area contributed by atoms with Crippen molar-refractivity contribution in [3.8, 4) is 0 Å². The van der Waals surface area contributed by atoms with Crippen LogP contribution in [-0.4, -0.2) is 36.4 Å². The Hall–Kier alpha value is -1.01. The number of pyridine rings is 1. The maximum Gasteiger partial charge on any atom is 0.0729 e. The van der Waals surface area contributed by atoms with Crippen LogP contribution in [0.25, 0.3) is 0 Å². The maximum atomic E-state index is 6.12. The van der Waals surface area contributed by atoms with E-state index in [4.69, 9.17) is 15.3 Å². The highest BCUT2D eigenvalue weighted by molar-refractivity contribution is 5.12. The fourth-order valence-electron chi connectivity index (χ4n) is 3.64. The average Bonchev–Trinajstić information content (AvgIpc) is 2.54. The van der Waals surface area contributed by atoms with Crippen molar-refractivity contribution in [2.24, 2.45) is 11.8 Å². The normalized spacial score (nSPS) is 26.6. The third kappa shape index (κ3) is 3.61. The largest absolute Gasteiger partial charge is 0.381 e. The Morgan fingerprint density at radius 3 is 2.76 bits per heavy atom. The second-order valence-electron chi connectivity index (χ2n) is 6.23. The van der Waals surface area contributed by atoms with E-state index in [1.165, 1.54) is 5.56 Å². The van der Waals surface area contributed by atoms with E-state index in [0.29, 0.717) is 5.92 Å². The quantitative estimate of drug-likeness (QED) is 0.649. The molecule has 2 atom stereocenters. The van der Waals surface area contributed by atoms with Gasteiger partial charge < -0.3 is 9.47 Å². The molecule has 0 amide bonds. The summed E-state index contributed by atoms with van der Waals surface area (Å²) in [6.07, 6.45) is 8.79. The molecule has 2 aliphatic rings. The van der Waals surface area contributed by atoms with Crippen LogP contribution in [0.15, 0.2) is 24.5 Å². The molecule has 0 aliphatic carbocycles. The lowest BCUT2D eigenvalue weighted by atomic mass is 9.76. The highest BCUT2D eigenvalue weighted by atomic mass is 16.5. The number of hydrazine groups is 1. The van der Waals surface area contributed by atoms with E-state index >= 15 is 0 Å². The third-order valence-electron chi connectivity index (χ3n) is 4.92. The summed E-state index contributed by atoms with van der Waals surface area (Å²) in [6, 6.07) is 4.41. The second-order valence-corrected chi connectivity index (χ2v) is 6.23. The van der Waals surface area contributed by atoms with E-state index in [1.807, 2.05) is 12.4 Å². The first-order chi connectivity index (χ1) is 10.3. The van der Waals surface area contributed by atoms with Gasteiger partial charge in [-0.05, 0) is 55.7 Å². The smallest absolute Gasteiger partial charge is 0.0729 e. The van der Waals surface area contributed by atoms with Crippen molar-refractivity contribution in [1.82, 2.24) is 10.4 Å². The standard InChI is InChI=1S/C16H25N3O2/c17-19-15(11-13-1-6-18-7-2-13)14-3-8-21-16(12-14)4-9-20-10-5-16/h1-2,6-7,14-15,19H,3-5,8-12,17H2. The van der Waals surface area contributed by atoms with E-state index in [9.17, 15) is 0 Å². The first-order valence-electron chi connectivity index (χ1n) is 7.88. The molecular weight excluding hydrogens is 266 g/mol. The van der Waals surface area contributed by atoms with Gasteiger partial charge in [0.05, 0.1) is 5.60 Å². The molecule has 0 saturated carbocycles. The zero-order valence-corrected chi connectivity index (χ0v) is 12.5. The van der Waals surface area contributed by atoms with Crippen LogP contribution in [0.2, 0.25) is 0 Å². The SMILES string of the molecule is NNC(Cc1ccncc1)C1CCOC2(CCOCC2)C1. The van der Waals surface area contributed by atoms with Crippen molar-refractivity contribution in [1.29, 1.82) is 0 Å². The summed E-state index contributed by atoms with van der Waals surface area (Å²) in [6.45, 7) is 2.47. The summed E-state index contributed by atoms with van der Waals surface area (Å²) in [5.74, 6) is 6.39. The Morgan fingerprint density at radius 1 is 1.29 bits per heavy atom. The molecule has 2 saturated heterocycles. The summed E-state index contributed by atoms with van der Waals surface area (Å²) in [4.78, 5) is 4.07. The van der Waals surface area contributed by atoms with Gasteiger partial charge >= 0.3 is 0 Å². The van der Waals surface area contributed by atoms with Crippen LogP contribution in [0.4, 0.5) is 0 Å². The van der Waals surface area contributed by atoms with Gasteiger partial charge in [0.25, 0.3) is 0 Å². The van der Waals surface area contributed by atoms with Crippen molar-refractivity contribution in [3.05, 3.63) is 30.1 Å². The molecule has 0 radical (unpaired) electrons. The molecular formula is C16H25N3O2. The number of nitrogens with zero attached hydrogens (tertiary/aromatic N) is 1. The van der Waals surface area contributed by atoms with E-state index < -0.39 is 0 Å². The Labute approximate surface area is 126 Å². The van der Waals surface area contributed by atoms with Gasteiger partial charge in [-0.2, -0.15) is 0 Å². The molecule has 3 rings (SSSR count). The van der Waals surface area contributed by atoms with Crippen LogP contribution in [0, 0.1) is 5.92 Å². The lowest BCUT2D eigenvalue weighted by Crippen LogP contribution is -2.51. The Bertz CT molecular complexity index is 429. The van der Waals surface area contributed by atoms with E-state index in [2.05, 4.69) is 22.5 Å². The fourth-order valence-corrected chi connectivity index (χ4v) is 3.64. The lowest BCUT2D eigenvalue weighted by molar-refractivity contribution is -0.150. The number of rotatable bonds is 4. The summed E-state index contributed by atoms with van der Waals surface area (Å²) < 4.78 is 11.6. The monoisotopic (exact) mass is 291 g/mol. The van der Waals surface area contributed by atoms with Crippen LogP contribution in [-0.2, 0) is 15.9 Å². The van der Waals surface area contributed by atoms with Crippen molar-refractivity contribution in [3.63, 3.8) is 0 Å². The Balaban J connectivity index is 1.65. The van der Waals surface area contributed by atoms with Gasteiger partial charge in [-0.1, -0.05) is 0 Å². The summed E-state index contributed by atoms with van der Waals surface area (Å²) in [5, 5.41) is 0. The zero-order valence-electron chi connectivity index (χ0n) is 12.5. The summed E-state index contributed by atoms with van der Waals surface area (Å²) in [5.41, 5.74) is 4.34. The molecule has 116 valence electrons. The second kappa shape index (κ2) is 6.83. The van der Waals surface area contributed by atoms with Crippen LogP contribution in [0.1, 0.15) is 31.2 Å². The number of hydrogen-bond donors (Lipinski definition) is 2. The van der Waals surface area contributed by atoms with Crippen molar-refractivity contribution in [2.45, 2.75) is 43.7 Å². The third-order valence-corrected chi connectivity index (χ3v) is 4.92. The van der Waals surface area contributed by atoms with E-state index in [-0.39, 0.29) is 11.6 Å². The summed E-state index contributed by atoms with van der Waals surface area (Å²) >= 11 is 0. The highest BCUT2D eigenvalue weighted by Gasteiger charge is 2.41. The van der Waals surface area contributed by atoms with Gasteiger partial charge in [0.15, 0.2) is 0 Å². The molecule has 1 aromatic rings. The maximum absolute atomic E-state index is 6.12. The average molecular weight is 291 g/mol. The topological polar surface area (TPSA) is 69.4 Å². The van der Waals surface area contributed by atoms with Crippen molar-refractivity contribution in [2.75, 3.05) is 19.8 Å². The molecule has 5 heteroatoms. The van der Waals surface area contributed by atoms with Crippen LogP contribution >= 0.6 is 0 Å². The van der Waals surface area contributed by atoms with E-state index in [0.717, 1.165) is 51.9 Å². The Kier molecular flexibility index (Phi) is 4.85. The molecule has 5 nitrogen and oxygen atoms in total. The van der Waals surface area contributed by atoms with Crippen molar-refractivity contribution < 1.29 is 9.47 Å². The van der Waals surface area contributed by atoms with Gasteiger partial charge in [-0.3, -0.25) is 16.3 Å². The van der Waals surface area contributed by atoms with Crippen LogP contribution in [0.3, 0.4) is 0 Å². The molecule has 2 unspecified atom stereocenters. The fraction of sp³-hybridized carbons (Fsp3) is 0.688. The molecule has 2 fully saturated rings. The number of nitrogens with two attached hydrogens (primary N) is 1. The van der Waals surface area contributed by atoms with Gasteiger partial charge in [-0.25, -0.2) is 0 Å². The zero-order chi connectivity index (χ0) is 14.5. The number of ether oxygens (including phenoxy) is 2. The van der Waals surface area contributed by atoms with Crippen LogP contribution < -0.4 is 11.3 Å². The van der Waals surface area contributed by atoms with E-state index in [1.54, 1.807) is 0 Å². The van der Waals surface area contributed by atoms with Crippen LogP contribution in [0.5, 0.6) is 0 Å². The molecule has 0 bridgehead atoms. The number of hydrogen-bond acceptors (Lipinski definition) is 5. The minimum Gasteiger partial charge on any atom is -0.381 e. The molecule has 1 aromatic heterocycles. The first-order valence-corrected chi connectivity index (χ1v) is 7.88. The highest BCUT2D eigenvalue weighted by Crippen LogP contribution is 2.38. The molecule has 3 N–H and O–H groups in total. The predicted molar refractivity (Wildman–Crippen MR) is 80.5 cm³/mol. The molecule has 2 aliphatic heterocycles. The number of aromatic nitrogens is 1. The molecule has 0 aromatic carbocycles. The molecule has 1 spiro atoms. The first kappa shape index (κ1) is 14.9. The molecule has 21 heavy (non-hydrogen) atoms. The minimum absolute atomic E-state index is 0.0223. The summed E-state index contributed by atoms with van der Waals surface area (Å²) in [7, 11) is 0. The van der Waals surface area contributed by atoms with Gasteiger partial charge in [0, 0.05) is 38.3 Å². The van der Waals surface area contributed by atoms with Gasteiger partial charge in [0.1, 0.15) is 0 Å². The lowest BCUT2D eigenvalue weighted by Gasteiger charge is -2.45. The van der Waals surface area contributed by atoms with Crippen molar-refractivity contribution >= 4 is 0 Å². The minimum atomic E-state index is 0.0223. The Morgan fingerprint density at radius 2 is 2.05 bits per heavy atom. The van der Waals surface area contributed by atoms with Gasteiger partial charge in [0.2, 0.25) is 0 Å². The predicted octanol–water partition coefficient (Wildman–Crippen LogP) is 1.43. The van der Waals surface area contributed by atoms with Gasteiger partial charge in [-0.15, -0.1) is 0 Å². The number of nitrogens with one attached hydrogen (secondary N) is 1.